The molecule has 6 rings (SSSR count). The Morgan fingerprint density at radius 3 is 2.58 bits per heavy atom. The highest BCUT2D eigenvalue weighted by molar-refractivity contribution is 5.98. The third-order valence-corrected chi connectivity index (χ3v) is 7.78. The van der Waals surface area contributed by atoms with Gasteiger partial charge in [0.2, 0.25) is 0 Å². The van der Waals surface area contributed by atoms with Crippen molar-refractivity contribution in [1.82, 2.24) is 9.80 Å². The van der Waals surface area contributed by atoms with Crippen LogP contribution in [-0.2, 0) is 11.2 Å². The Bertz CT molecular complexity index is 785. The lowest BCUT2D eigenvalue weighted by atomic mass is 9.75. The van der Waals surface area contributed by atoms with Gasteiger partial charge < -0.3 is 14.9 Å². The summed E-state index contributed by atoms with van der Waals surface area (Å²) in [4.78, 5) is 27.9. The lowest BCUT2D eigenvalue weighted by Gasteiger charge is -2.51. The topological polar surface area (TPSA) is 60.9 Å². The van der Waals surface area contributed by atoms with E-state index < -0.39 is 5.97 Å². The van der Waals surface area contributed by atoms with E-state index in [4.69, 9.17) is 5.11 Å². The number of aryl methyl sites for hydroxylation is 1. The van der Waals surface area contributed by atoms with Gasteiger partial charge in [0.1, 0.15) is 0 Å². The van der Waals surface area contributed by atoms with Gasteiger partial charge in [0, 0.05) is 37.0 Å². The molecule has 1 aromatic rings. The van der Waals surface area contributed by atoms with Crippen molar-refractivity contribution in [3.8, 4) is 0 Å². The SMILES string of the molecule is CCCCCCC(=O)O.O=C1c2cccc3c2[C@H](CCC3)CN1[C@@H]1CN2CCC1CC2. The second kappa shape index (κ2) is 10.2. The van der Waals surface area contributed by atoms with Crippen molar-refractivity contribution in [2.45, 2.75) is 83.1 Å². The largest absolute Gasteiger partial charge is 0.481 e. The first kappa shape index (κ1) is 22.3. The highest BCUT2D eigenvalue weighted by Crippen LogP contribution is 2.41. The quantitative estimate of drug-likeness (QED) is 0.670. The minimum absolute atomic E-state index is 0.314. The Morgan fingerprint density at radius 1 is 1.10 bits per heavy atom. The van der Waals surface area contributed by atoms with Crippen molar-refractivity contribution >= 4 is 11.9 Å². The smallest absolute Gasteiger partial charge is 0.303 e. The summed E-state index contributed by atoms with van der Waals surface area (Å²) in [6.45, 7) is 6.68. The summed E-state index contributed by atoms with van der Waals surface area (Å²) in [6, 6.07) is 6.87. The van der Waals surface area contributed by atoms with Crippen LogP contribution >= 0.6 is 0 Å². The van der Waals surface area contributed by atoms with Crippen molar-refractivity contribution in [3.63, 3.8) is 0 Å². The van der Waals surface area contributed by atoms with Crippen LogP contribution in [0.4, 0.5) is 0 Å². The van der Waals surface area contributed by atoms with E-state index in [-0.39, 0.29) is 0 Å². The predicted molar refractivity (Wildman–Crippen MR) is 123 cm³/mol. The van der Waals surface area contributed by atoms with E-state index in [1.165, 1.54) is 56.3 Å². The van der Waals surface area contributed by atoms with E-state index >= 15 is 0 Å². The number of nitrogens with zero attached hydrogens (tertiary/aromatic N) is 2. The monoisotopic (exact) mass is 426 g/mol. The average molecular weight is 427 g/mol. The number of aliphatic carboxylic acids is 1. The molecule has 0 radical (unpaired) electrons. The van der Waals surface area contributed by atoms with Gasteiger partial charge in [-0.1, -0.05) is 38.3 Å². The molecule has 1 aliphatic carbocycles. The van der Waals surface area contributed by atoms with Crippen LogP contribution in [0.1, 0.15) is 92.1 Å². The second-order valence-corrected chi connectivity index (χ2v) is 9.83. The Labute approximate surface area is 186 Å². The van der Waals surface area contributed by atoms with Crippen molar-refractivity contribution < 1.29 is 14.7 Å². The molecule has 31 heavy (non-hydrogen) atoms. The summed E-state index contributed by atoms with van der Waals surface area (Å²) in [6.07, 6.45) is 10.8. The van der Waals surface area contributed by atoms with E-state index in [0.29, 0.717) is 24.3 Å². The number of hydrogen-bond donors (Lipinski definition) is 1. The number of unbranched alkanes of at least 4 members (excludes halogenated alkanes) is 3. The number of fused-ring (bicyclic) bond motifs is 3. The van der Waals surface area contributed by atoms with Crippen LogP contribution in [0.2, 0.25) is 0 Å². The van der Waals surface area contributed by atoms with E-state index in [1.807, 2.05) is 0 Å². The highest BCUT2D eigenvalue weighted by Gasteiger charge is 2.43. The second-order valence-electron chi connectivity index (χ2n) is 9.83. The van der Waals surface area contributed by atoms with Crippen LogP contribution in [-0.4, -0.2) is 59.0 Å². The summed E-state index contributed by atoms with van der Waals surface area (Å²) in [5.74, 6) is 0.968. The first-order valence-corrected chi connectivity index (χ1v) is 12.5. The third kappa shape index (κ3) is 4.97. The Kier molecular flexibility index (Phi) is 7.31. The number of carbonyl (C=O) groups is 2. The highest BCUT2D eigenvalue weighted by atomic mass is 16.4. The Balaban J connectivity index is 0.000000221. The molecular formula is C26H38N2O3. The number of carboxylic acids is 1. The maximum Gasteiger partial charge on any atom is 0.303 e. The normalized spacial score (nSPS) is 28.5. The van der Waals surface area contributed by atoms with Crippen LogP contribution in [0.25, 0.3) is 0 Å². The molecule has 3 saturated heterocycles. The molecule has 1 aromatic carbocycles. The van der Waals surface area contributed by atoms with E-state index in [9.17, 15) is 9.59 Å². The molecule has 1 amide bonds. The van der Waals surface area contributed by atoms with Crippen molar-refractivity contribution in [2.75, 3.05) is 26.2 Å². The molecule has 5 heteroatoms. The molecule has 0 spiro atoms. The molecule has 3 fully saturated rings. The third-order valence-electron chi connectivity index (χ3n) is 7.78. The lowest BCUT2D eigenvalue weighted by molar-refractivity contribution is -0.137. The van der Waals surface area contributed by atoms with Crippen LogP contribution in [0.5, 0.6) is 0 Å². The van der Waals surface area contributed by atoms with E-state index in [2.05, 4.69) is 34.9 Å². The fourth-order valence-electron chi connectivity index (χ4n) is 6.12. The van der Waals surface area contributed by atoms with Crippen molar-refractivity contribution in [3.05, 3.63) is 34.9 Å². The van der Waals surface area contributed by atoms with Gasteiger partial charge in [0.15, 0.2) is 0 Å². The molecule has 4 heterocycles. The zero-order valence-corrected chi connectivity index (χ0v) is 19.0. The zero-order chi connectivity index (χ0) is 21.8. The molecule has 0 unspecified atom stereocenters. The number of rotatable bonds is 6. The van der Waals surface area contributed by atoms with Gasteiger partial charge in [0.05, 0.1) is 0 Å². The fraction of sp³-hybridized carbons (Fsp3) is 0.692. The average Bonchev–Trinajstić information content (AvgIpc) is 2.80. The van der Waals surface area contributed by atoms with Crippen LogP contribution in [0.3, 0.4) is 0 Å². The lowest BCUT2D eigenvalue weighted by Crippen LogP contribution is -2.60. The van der Waals surface area contributed by atoms with Crippen molar-refractivity contribution in [2.24, 2.45) is 5.92 Å². The summed E-state index contributed by atoms with van der Waals surface area (Å²) in [5, 5.41) is 8.21. The van der Waals surface area contributed by atoms with Gasteiger partial charge in [-0.2, -0.15) is 0 Å². The van der Waals surface area contributed by atoms with E-state index in [0.717, 1.165) is 50.3 Å². The molecular weight excluding hydrogens is 388 g/mol. The Hall–Kier alpha value is -1.88. The van der Waals surface area contributed by atoms with Gasteiger partial charge in [0.25, 0.3) is 5.91 Å². The molecule has 170 valence electrons. The minimum Gasteiger partial charge on any atom is -0.481 e. The molecule has 0 saturated carbocycles. The maximum atomic E-state index is 13.1. The number of hydrogen-bond acceptors (Lipinski definition) is 3. The molecule has 5 aliphatic rings. The van der Waals surface area contributed by atoms with Crippen LogP contribution in [0, 0.1) is 5.92 Å². The predicted octanol–water partition coefficient (Wildman–Crippen LogP) is 4.70. The molecule has 5 nitrogen and oxygen atoms in total. The van der Waals surface area contributed by atoms with Gasteiger partial charge in [-0.3, -0.25) is 9.59 Å². The summed E-state index contributed by atoms with van der Waals surface area (Å²) in [7, 11) is 0. The standard InChI is InChI=1S/C19H24N2O.C7H14O2/c22-19-16-6-2-4-14-3-1-5-15(18(14)16)11-21(19)17-12-20-9-7-13(17)8-10-20;1-2-3-4-5-6-7(8)9/h2,4,6,13,15,17H,1,3,5,7-12H2;2-6H2,1H3,(H,8,9)/t15-,17-;/m1./s1. The molecule has 4 aliphatic heterocycles. The number of carboxylic acid groups (broad SMARTS) is 1. The van der Waals surface area contributed by atoms with Gasteiger partial charge >= 0.3 is 5.97 Å². The molecule has 1 N–H and O–H groups in total. The molecule has 2 atom stereocenters. The summed E-state index contributed by atoms with van der Waals surface area (Å²) in [5.41, 5.74) is 3.86. The number of benzene rings is 1. The van der Waals surface area contributed by atoms with Gasteiger partial charge in [-0.25, -0.2) is 0 Å². The van der Waals surface area contributed by atoms with Crippen LogP contribution < -0.4 is 0 Å². The van der Waals surface area contributed by atoms with Crippen molar-refractivity contribution in [1.29, 1.82) is 0 Å². The summed E-state index contributed by atoms with van der Waals surface area (Å²) < 4.78 is 0. The first-order chi connectivity index (χ1) is 15.1. The number of carbonyl (C=O) groups excluding carboxylic acids is 1. The molecule has 0 aromatic heterocycles. The number of amides is 1. The van der Waals surface area contributed by atoms with E-state index in [1.54, 1.807) is 0 Å². The van der Waals surface area contributed by atoms with Crippen LogP contribution in [0.15, 0.2) is 18.2 Å². The summed E-state index contributed by atoms with van der Waals surface area (Å²) >= 11 is 0. The first-order valence-electron chi connectivity index (χ1n) is 12.5. The minimum atomic E-state index is -0.675. The maximum absolute atomic E-state index is 13.1. The van der Waals surface area contributed by atoms with Gasteiger partial charge in [-0.05, 0) is 74.7 Å². The van der Waals surface area contributed by atoms with Gasteiger partial charge in [-0.15, -0.1) is 0 Å². The fourth-order valence-corrected chi connectivity index (χ4v) is 6.12. The number of piperidine rings is 3. The molecule has 2 bridgehead atoms. The zero-order valence-electron chi connectivity index (χ0n) is 19.0. The Morgan fingerprint density at radius 2 is 1.90 bits per heavy atom.